The summed E-state index contributed by atoms with van der Waals surface area (Å²) in [6.07, 6.45) is 1.64. The summed E-state index contributed by atoms with van der Waals surface area (Å²) in [5.41, 5.74) is 2.40. The lowest BCUT2D eigenvalue weighted by atomic mass is 10.1. The monoisotopic (exact) mass is 232 g/mol. The van der Waals surface area contributed by atoms with Crippen LogP contribution >= 0.6 is 0 Å². The van der Waals surface area contributed by atoms with Gasteiger partial charge in [-0.2, -0.15) is 0 Å². The second kappa shape index (κ2) is 4.49. The number of rotatable bonds is 3. The highest BCUT2D eigenvalue weighted by molar-refractivity contribution is 5.95. The molecule has 3 nitrogen and oxygen atoms in total. The number of halogens is 1. The van der Waals surface area contributed by atoms with Crippen molar-refractivity contribution in [1.29, 1.82) is 0 Å². The molecular weight excluding hydrogens is 219 g/mol. The number of hydrogen-bond acceptors (Lipinski definition) is 2. The molecule has 88 valence electrons. The van der Waals surface area contributed by atoms with Gasteiger partial charge in [-0.15, -0.1) is 0 Å². The summed E-state index contributed by atoms with van der Waals surface area (Å²) >= 11 is 0. The van der Waals surface area contributed by atoms with Crippen LogP contribution in [0.4, 0.5) is 4.39 Å². The third-order valence-corrected chi connectivity index (χ3v) is 2.83. The molecule has 0 saturated carbocycles. The molecule has 0 aliphatic carbocycles. The Balaban J connectivity index is 2.17. The Hall–Kier alpha value is -1.97. The first kappa shape index (κ1) is 11.5. The minimum Gasteiger partial charge on any atom is -0.327 e. The number of hydrogen-bond donors (Lipinski definition) is 0. The van der Waals surface area contributed by atoms with Crippen molar-refractivity contribution in [2.24, 2.45) is 0 Å². The maximum absolute atomic E-state index is 12.7. The van der Waals surface area contributed by atoms with Crippen LogP contribution in [0.3, 0.4) is 0 Å². The fourth-order valence-corrected chi connectivity index (χ4v) is 1.59. The molecule has 0 aliphatic heterocycles. The third-order valence-electron chi connectivity index (χ3n) is 2.83. The van der Waals surface area contributed by atoms with E-state index < -0.39 is 0 Å². The Bertz CT molecular complexity index is 543. The van der Waals surface area contributed by atoms with Crippen molar-refractivity contribution < 1.29 is 9.18 Å². The van der Waals surface area contributed by atoms with Crippen molar-refractivity contribution >= 4 is 5.78 Å². The predicted octanol–water partition coefficient (Wildman–Crippen LogP) is 2.52. The molecule has 0 aliphatic rings. The first-order valence-electron chi connectivity index (χ1n) is 5.35. The topological polar surface area (TPSA) is 34.9 Å². The van der Waals surface area contributed by atoms with Gasteiger partial charge in [0, 0.05) is 11.3 Å². The summed E-state index contributed by atoms with van der Waals surface area (Å²) in [5, 5.41) is 0. The molecule has 17 heavy (non-hydrogen) atoms. The Kier molecular flexibility index (Phi) is 3.04. The van der Waals surface area contributed by atoms with Crippen molar-refractivity contribution in [3.8, 4) is 0 Å². The summed E-state index contributed by atoms with van der Waals surface area (Å²) in [4.78, 5) is 16.0. The van der Waals surface area contributed by atoms with E-state index in [0.717, 1.165) is 11.4 Å². The number of aromatic nitrogens is 2. The fraction of sp³-hybridized carbons (Fsp3) is 0.231. The summed E-state index contributed by atoms with van der Waals surface area (Å²) in [7, 11) is 0. The number of imidazole rings is 1. The molecule has 2 aromatic rings. The maximum Gasteiger partial charge on any atom is 0.182 e. The molecule has 0 saturated heterocycles. The summed E-state index contributed by atoms with van der Waals surface area (Å²) < 4.78 is 14.5. The average molecular weight is 232 g/mol. The maximum atomic E-state index is 12.7. The Labute approximate surface area is 98.9 Å². The molecule has 1 aromatic carbocycles. The van der Waals surface area contributed by atoms with Crippen molar-refractivity contribution in [2.45, 2.75) is 20.4 Å². The van der Waals surface area contributed by atoms with Gasteiger partial charge in [-0.1, -0.05) is 0 Å². The highest BCUT2D eigenvalue weighted by Crippen LogP contribution is 2.08. The Morgan fingerprint density at radius 2 is 1.94 bits per heavy atom. The van der Waals surface area contributed by atoms with Crippen LogP contribution in [0.15, 0.2) is 30.6 Å². The highest BCUT2D eigenvalue weighted by atomic mass is 19.1. The van der Waals surface area contributed by atoms with Crippen LogP contribution in [-0.2, 0) is 6.54 Å². The van der Waals surface area contributed by atoms with E-state index in [-0.39, 0.29) is 18.1 Å². The second-order valence-corrected chi connectivity index (χ2v) is 3.97. The van der Waals surface area contributed by atoms with Crippen LogP contribution in [0, 0.1) is 19.7 Å². The number of ketones is 1. The van der Waals surface area contributed by atoms with Crippen molar-refractivity contribution in [3.05, 3.63) is 53.4 Å². The molecule has 0 atom stereocenters. The zero-order valence-corrected chi connectivity index (χ0v) is 9.77. The molecule has 0 bridgehead atoms. The molecule has 0 N–H and O–H groups in total. The van der Waals surface area contributed by atoms with Crippen molar-refractivity contribution in [2.75, 3.05) is 0 Å². The minimum absolute atomic E-state index is 0.0505. The molecule has 1 aromatic heterocycles. The van der Waals surface area contributed by atoms with Crippen LogP contribution in [0.2, 0.25) is 0 Å². The predicted molar refractivity (Wildman–Crippen MR) is 62.4 cm³/mol. The Morgan fingerprint density at radius 3 is 2.47 bits per heavy atom. The Morgan fingerprint density at radius 1 is 1.29 bits per heavy atom. The molecule has 0 fully saturated rings. The first-order valence-corrected chi connectivity index (χ1v) is 5.35. The molecule has 0 amide bonds. The summed E-state index contributed by atoms with van der Waals surface area (Å²) in [6.45, 7) is 4.05. The van der Waals surface area contributed by atoms with Gasteiger partial charge in [0.1, 0.15) is 5.82 Å². The molecule has 4 heteroatoms. The van der Waals surface area contributed by atoms with Gasteiger partial charge < -0.3 is 4.57 Å². The SMILES string of the molecule is Cc1ncn(CC(=O)c2ccc(F)cc2)c1C. The summed E-state index contributed by atoms with van der Waals surface area (Å²) in [6, 6.07) is 5.58. The number of carbonyl (C=O) groups excluding carboxylic acids is 1. The number of benzene rings is 1. The van der Waals surface area contributed by atoms with E-state index in [9.17, 15) is 9.18 Å². The van der Waals surface area contributed by atoms with E-state index in [2.05, 4.69) is 4.98 Å². The van der Waals surface area contributed by atoms with E-state index in [0.29, 0.717) is 5.56 Å². The van der Waals surface area contributed by atoms with E-state index >= 15 is 0 Å². The average Bonchev–Trinajstić information content (AvgIpc) is 2.62. The van der Waals surface area contributed by atoms with Gasteiger partial charge in [-0.25, -0.2) is 9.37 Å². The number of aryl methyl sites for hydroxylation is 1. The summed E-state index contributed by atoms with van der Waals surface area (Å²) in [5.74, 6) is -0.387. The number of carbonyl (C=O) groups is 1. The lowest BCUT2D eigenvalue weighted by Gasteiger charge is -2.04. The zero-order valence-electron chi connectivity index (χ0n) is 9.77. The van der Waals surface area contributed by atoms with Crippen molar-refractivity contribution in [1.82, 2.24) is 9.55 Å². The van der Waals surface area contributed by atoms with Crippen LogP contribution in [0.25, 0.3) is 0 Å². The van der Waals surface area contributed by atoms with Crippen LogP contribution in [-0.4, -0.2) is 15.3 Å². The zero-order chi connectivity index (χ0) is 12.4. The molecule has 0 radical (unpaired) electrons. The minimum atomic E-state index is -0.337. The molecule has 2 rings (SSSR count). The van der Waals surface area contributed by atoms with Crippen molar-refractivity contribution in [3.63, 3.8) is 0 Å². The van der Waals surface area contributed by atoms with Crippen LogP contribution < -0.4 is 0 Å². The highest BCUT2D eigenvalue weighted by Gasteiger charge is 2.09. The van der Waals surface area contributed by atoms with Gasteiger partial charge in [0.2, 0.25) is 0 Å². The first-order chi connectivity index (χ1) is 8.08. The van der Waals surface area contributed by atoms with Gasteiger partial charge in [0.05, 0.1) is 18.6 Å². The second-order valence-electron chi connectivity index (χ2n) is 3.97. The van der Waals surface area contributed by atoms with Gasteiger partial charge in [0.25, 0.3) is 0 Å². The van der Waals surface area contributed by atoms with Crippen LogP contribution in [0.5, 0.6) is 0 Å². The van der Waals surface area contributed by atoms with Gasteiger partial charge in [-0.3, -0.25) is 4.79 Å². The quantitative estimate of drug-likeness (QED) is 0.762. The third kappa shape index (κ3) is 2.41. The normalized spacial score (nSPS) is 10.5. The molecular formula is C13H13FN2O. The fourth-order valence-electron chi connectivity index (χ4n) is 1.59. The molecule has 1 heterocycles. The lowest BCUT2D eigenvalue weighted by molar-refractivity contribution is 0.0971. The van der Waals surface area contributed by atoms with E-state index in [1.165, 1.54) is 24.3 Å². The van der Waals surface area contributed by atoms with E-state index in [1.807, 2.05) is 13.8 Å². The lowest BCUT2D eigenvalue weighted by Crippen LogP contribution is -2.11. The van der Waals surface area contributed by atoms with Gasteiger partial charge >= 0.3 is 0 Å². The smallest absolute Gasteiger partial charge is 0.182 e. The van der Waals surface area contributed by atoms with Crippen LogP contribution in [0.1, 0.15) is 21.7 Å². The molecule has 0 unspecified atom stereocenters. The van der Waals surface area contributed by atoms with E-state index in [4.69, 9.17) is 0 Å². The standard InChI is InChI=1S/C13H13FN2O/c1-9-10(2)16(8-15-9)7-13(17)11-3-5-12(14)6-4-11/h3-6,8H,7H2,1-2H3. The number of Topliss-reactive ketones (excluding diaryl/α,β-unsaturated/α-hetero) is 1. The largest absolute Gasteiger partial charge is 0.327 e. The van der Waals surface area contributed by atoms with Gasteiger partial charge in [0.15, 0.2) is 5.78 Å². The van der Waals surface area contributed by atoms with Gasteiger partial charge in [-0.05, 0) is 38.1 Å². The molecule has 0 spiro atoms. The number of nitrogens with zero attached hydrogens (tertiary/aromatic N) is 2. The van der Waals surface area contributed by atoms with E-state index in [1.54, 1.807) is 10.9 Å².